The Kier molecular flexibility index (Phi) is 1.42. The summed E-state index contributed by atoms with van der Waals surface area (Å²) in [7, 11) is 0. The molecule has 1 rings (SSSR count). The van der Waals surface area contributed by atoms with Crippen LogP contribution in [0.2, 0.25) is 0 Å². The van der Waals surface area contributed by atoms with Gasteiger partial charge in [-0.1, -0.05) is 23.8 Å². The van der Waals surface area contributed by atoms with E-state index >= 15 is 0 Å². The first kappa shape index (κ1) is 5.48. The summed E-state index contributed by atoms with van der Waals surface area (Å²) in [6.45, 7) is 0. The van der Waals surface area contributed by atoms with Crippen LogP contribution in [0, 0.1) is 16.0 Å². The number of nitrogens with zero attached hydrogens (tertiary/aromatic N) is 1. The summed E-state index contributed by atoms with van der Waals surface area (Å²) in [6.07, 6.45) is 0. The first-order chi connectivity index (χ1) is 3.84. The molecule has 0 radical (unpaired) electrons. The fraction of sp³-hybridized carbons (Fsp3) is 0. The van der Waals surface area contributed by atoms with Crippen LogP contribution < -0.4 is 0 Å². The maximum absolute atomic E-state index is 8.28. The zero-order valence-corrected chi connectivity index (χ0v) is 5.47. The monoisotopic (exact) mass is 142 g/mol. The zero-order chi connectivity index (χ0) is 5.98. The van der Waals surface area contributed by atoms with E-state index in [0.29, 0.717) is 10.2 Å². The summed E-state index contributed by atoms with van der Waals surface area (Å²) < 4.78 is 3.29. The van der Waals surface area contributed by atoms with Crippen molar-refractivity contribution in [1.29, 1.82) is 5.26 Å². The van der Waals surface area contributed by atoms with Gasteiger partial charge >= 0.3 is 0 Å². The molecule has 0 bridgehead atoms. The molecule has 0 saturated heterocycles. The molecule has 4 heteroatoms. The molecule has 2 nitrogen and oxygen atoms in total. The molecule has 0 atom stereocenters. The van der Waals surface area contributed by atoms with Gasteiger partial charge in [-0.15, -0.1) is 0 Å². The number of rotatable bonds is 0. The molecule has 1 heterocycles. The molecule has 40 valence electrons. The van der Waals surface area contributed by atoms with Crippen molar-refractivity contribution in [3.63, 3.8) is 0 Å². The average molecular weight is 142 g/mol. The maximum Gasteiger partial charge on any atom is 0.131 e. The Morgan fingerprint density at radius 2 is 2.62 bits per heavy atom. The van der Waals surface area contributed by atoms with E-state index in [1.54, 1.807) is 5.38 Å². The topological polar surface area (TPSA) is 39.6 Å². The van der Waals surface area contributed by atoms with E-state index < -0.39 is 0 Å². The van der Waals surface area contributed by atoms with Crippen molar-refractivity contribution in [2.75, 3.05) is 0 Å². The highest BCUT2D eigenvalue weighted by molar-refractivity contribution is 7.71. The Morgan fingerprint density at radius 3 is 2.88 bits per heavy atom. The van der Waals surface area contributed by atoms with Crippen molar-refractivity contribution in [3.05, 3.63) is 15.6 Å². The molecule has 1 N–H and O–H groups in total. The van der Waals surface area contributed by atoms with Crippen molar-refractivity contribution >= 4 is 23.8 Å². The summed E-state index contributed by atoms with van der Waals surface area (Å²) in [5.41, 5.74) is 0.560. The summed E-state index contributed by atoms with van der Waals surface area (Å²) in [4.78, 5) is 0. The minimum Gasteiger partial charge on any atom is -0.301 e. The van der Waals surface area contributed by atoms with Gasteiger partial charge in [0.2, 0.25) is 0 Å². The molecule has 0 aliphatic carbocycles. The van der Waals surface area contributed by atoms with Gasteiger partial charge in [0.05, 0.1) is 5.56 Å². The fourth-order valence-corrected chi connectivity index (χ4v) is 1.22. The van der Waals surface area contributed by atoms with Crippen molar-refractivity contribution in [2.45, 2.75) is 0 Å². The van der Waals surface area contributed by atoms with Gasteiger partial charge in [-0.3, -0.25) is 0 Å². The van der Waals surface area contributed by atoms with Crippen LogP contribution in [-0.2, 0) is 0 Å². The molecule has 0 aliphatic heterocycles. The highest BCUT2D eigenvalue weighted by Gasteiger charge is 1.89. The lowest BCUT2D eigenvalue weighted by Gasteiger charge is -1.65. The minimum absolute atomic E-state index is 0.539. The number of aromatic nitrogens is 1. The van der Waals surface area contributed by atoms with E-state index in [0.717, 1.165) is 0 Å². The predicted octanol–water partition coefficient (Wildman–Crippen LogP) is 1.68. The largest absolute Gasteiger partial charge is 0.301 e. The number of hydrogen-bond acceptors (Lipinski definition) is 3. The highest BCUT2D eigenvalue weighted by Crippen LogP contribution is 2.01. The van der Waals surface area contributed by atoms with Gasteiger partial charge in [-0.2, -0.15) is 5.26 Å². The first-order valence-electron chi connectivity index (χ1n) is 1.91. The van der Waals surface area contributed by atoms with E-state index in [4.69, 9.17) is 17.5 Å². The molecular formula is C4H2N2S2. The highest BCUT2D eigenvalue weighted by atomic mass is 32.1. The van der Waals surface area contributed by atoms with Crippen molar-refractivity contribution in [1.82, 2.24) is 4.37 Å². The molecule has 0 saturated carbocycles. The first-order valence-corrected chi connectivity index (χ1v) is 3.19. The van der Waals surface area contributed by atoms with Gasteiger partial charge in [-0.05, 0) is 0 Å². The second kappa shape index (κ2) is 2.07. The van der Waals surface area contributed by atoms with Crippen LogP contribution in [0.5, 0.6) is 0 Å². The second-order valence-corrected chi connectivity index (χ2v) is 2.28. The number of nitriles is 1. The predicted molar refractivity (Wildman–Crippen MR) is 34.2 cm³/mol. The van der Waals surface area contributed by atoms with Crippen molar-refractivity contribution in [2.24, 2.45) is 0 Å². The summed E-state index contributed by atoms with van der Waals surface area (Å²) in [6, 6.07) is 1.95. The van der Waals surface area contributed by atoms with Gasteiger partial charge < -0.3 is 4.37 Å². The lowest BCUT2D eigenvalue weighted by Crippen LogP contribution is -1.62. The molecule has 0 fully saturated rings. The minimum atomic E-state index is 0.539. The lowest BCUT2D eigenvalue weighted by atomic mass is 10.4. The van der Waals surface area contributed by atoms with Gasteiger partial charge in [-0.25, -0.2) is 0 Å². The van der Waals surface area contributed by atoms with Gasteiger partial charge in [0.1, 0.15) is 10.7 Å². The standard InChI is InChI=1S/C4H2N2S2/c5-1-3-2-8-6-4(3)7/h2H,(H,6,7). The van der Waals surface area contributed by atoms with Crippen LogP contribution >= 0.6 is 23.8 Å². The Bertz CT molecular complexity index is 264. The molecule has 0 spiro atoms. The average Bonchev–Trinajstić information content (AvgIpc) is 2.14. The van der Waals surface area contributed by atoms with Crippen LogP contribution in [0.4, 0.5) is 0 Å². The van der Waals surface area contributed by atoms with E-state index in [-0.39, 0.29) is 0 Å². The van der Waals surface area contributed by atoms with Gasteiger partial charge in [0, 0.05) is 5.38 Å². The molecule has 0 amide bonds. The zero-order valence-electron chi connectivity index (χ0n) is 3.84. The van der Waals surface area contributed by atoms with Crippen LogP contribution in [-0.4, -0.2) is 4.37 Å². The second-order valence-electron chi connectivity index (χ2n) is 1.19. The van der Waals surface area contributed by atoms with E-state index in [1.165, 1.54) is 11.5 Å². The maximum atomic E-state index is 8.28. The van der Waals surface area contributed by atoms with E-state index in [2.05, 4.69) is 4.37 Å². The smallest absolute Gasteiger partial charge is 0.131 e. The fourth-order valence-electron chi connectivity index (χ4n) is 0.328. The Morgan fingerprint density at radius 1 is 1.88 bits per heavy atom. The van der Waals surface area contributed by atoms with Crippen LogP contribution in [0.15, 0.2) is 5.38 Å². The Balaban J connectivity index is 3.37. The quantitative estimate of drug-likeness (QED) is 0.560. The van der Waals surface area contributed by atoms with Gasteiger partial charge in [0.15, 0.2) is 0 Å². The normalized spacial score (nSPS) is 8.38. The number of hydrogen-bond donors (Lipinski definition) is 1. The van der Waals surface area contributed by atoms with Crippen LogP contribution in [0.3, 0.4) is 0 Å². The molecular weight excluding hydrogens is 140 g/mol. The number of aromatic amines is 1. The Hall–Kier alpha value is -0.660. The van der Waals surface area contributed by atoms with E-state index in [1.807, 2.05) is 6.07 Å². The number of nitrogens with one attached hydrogen (secondary N) is 1. The molecule has 8 heavy (non-hydrogen) atoms. The summed E-state index contributed by atoms with van der Waals surface area (Å²) in [5.74, 6) is 0. The molecule has 0 aromatic carbocycles. The van der Waals surface area contributed by atoms with Gasteiger partial charge in [0.25, 0.3) is 0 Å². The summed E-state index contributed by atoms with van der Waals surface area (Å²) >= 11 is 6.06. The molecule has 0 aliphatic rings. The van der Waals surface area contributed by atoms with Crippen LogP contribution in [0.25, 0.3) is 0 Å². The van der Waals surface area contributed by atoms with E-state index in [9.17, 15) is 0 Å². The van der Waals surface area contributed by atoms with Crippen molar-refractivity contribution in [3.8, 4) is 6.07 Å². The SMILES string of the molecule is N#Cc1cs[nH]c1=S. The molecule has 1 aromatic rings. The molecule has 0 unspecified atom stereocenters. The third-order valence-corrected chi connectivity index (χ3v) is 1.82. The number of H-pyrrole nitrogens is 1. The third-order valence-electron chi connectivity index (χ3n) is 0.693. The summed E-state index contributed by atoms with van der Waals surface area (Å²) in [5, 5.41) is 9.97. The van der Waals surface area contributed by atoms with Crippen molar-refractivity contribution < 1.29 is 0 Å². The lowest BCUT2D eigenvalue weighted by molar-refractivity contribution is 1.45. The molecule has 1 aromatic heterocycles. The Labute approximate surface area is 55.5 Å². The van der Waals surface area contributed by atoms with Crippen LogP contribution in [0.1, 0.15) is 5.56 Å². The third kappa shape index (κ3) is 0.782.